The highest BCUT2D eigenvalue weighted by Crippen LogP contribution is 2.24. The van der Waals surface area contributed by atoms with Crippen LogP contribution in [-0.4, -0.2) is 26.7 Å². The molecule has 7 heteroatoms. The highest BCUT2D eigenvalue weighted by Gasteiger charge is 2.33. The molecule has 2 aromatic heterocycles. The standard InChI is InChI=1S/C19H17FN4O2/c1-13-11-23-17(19(25)24(13)18-8-7-14(20)10-21-18)9-15(22-23)12-26-16-5-3-2-4-6-16/h2-10,13H,11-12H2,1H3/t13-/m0/s1. The molecule has 0 fully saturated rings. The smallest absolute Gasteiger partial charge is 0.278 e. The van der Waals surface area contributed by atoms with E-state index in [0.29, 0.717) is 23.8 Å². The molecule has 0 radical (unpaired) electrons. The van der Waals surface area contributed by atoms with Crippen molar-refractivity contribution in [1.29, 1.82) is 0 Å². The molecule has 0 spiro atoms. The van der Waals surface area contributed by atoms with Crippen LogP contribution in [0.3, 0.4) is 0 Å². The summed E-state index contributed by atoms with van der Waals surface area (Å²) < 4.78 is 20.5. The van der Waals surface area contributed by atoms with E-state index in [1.807, 2.05) is 37.3 Å². The third-order valence-electron chi connectivity index (χ3n) is 4.23. The molecule has 0 bridgehead atoms. The number of nitrogens with zero attached hydrogens (tertiary/aromatic N) is 4. The lowest BCUT2D eigenvalue weighted by Gasteiger charge is -2.32. The second-order valence-electron chi connectivity index (χ2n) is 6.16. The molecule has 1 atom stereocenters. The molecule has 0 saturated heterocycles. The predicted octanol–water partition coefficient (Wildman–Crippen LogP) is 3.05. The maximum absolute atomic E-state index is 13.1. The fraction of sp³-hybridized carbons (Fsp3) is 0.211. The number of aromatic nitrogens is 3. The van der Waals surface area contributed by atoms with E-state index in [1.165, 1.54) is 12.1 Å². The monoisotopic (exact) mass is 352 g/mol. The van der Waals surface area contributed by atoms with E-state index in [1.54, 1.807) is 15.6 Å². The molecule has 1 aliphatic rings. The Morgan fingerprint density at radius 1 is 1.23 bits per heavy atom. The molecule has 0 saturated carbocycles. The number of benzene rings is 1. The molecule has 3 heterocycles. The van der Waals surface area contributed by atoms with E-state index in [-0.39, 0.29) is 18.6 Å². The number of rotatable bonds is 4. The van der Waals surface area contributed by atoms with Gasteiger partial charge in [0.05, 0.1) is 18.8 Å². The fourth-order valence-corrected chi connectivity index (χ4v) is 3.02. The number of halogens is 1. The van der Waals surface area contributed by atoms with Crippen molar-refractivity contribution in [2.45, 2.75) is 26.1 Å². The van der Waals surface area contributed by atoms with Gasteiger partial charge in [-0.1, -0.05) is 18.2 Å². The molecular formula is C19H17FN4O2. The number of anilines is 1. The first-order valence-electron chi connectivity index (χ1n) is 8.31. The first-order chi connectivity index (χ1) is 12.6. The van der Waals surface area contributed by atoms with Crippen molar-refractivity contribution in [3.05, 3.63) is 71.9 Å². The van der Waals surface area contributed by atoms with Gasteiger partial charge in [0.2, 0.25) is 0 Å². The number of ether oxygens (including phenoxy) is 1. The molecular weight excluding hydrogens is 335 g/mol. The summed E-state index contributed by atoms with van der Waals surface area (Å²) in [6, 6.07) is 13.8. The van der Waals surface area contributed by atoms with Gasteiger partial charge in [-0.3, -0.25) is 14.4 Å². The second kappa shape index (κ2) is 6.59. The van der Waals surface area contributed by atoms with Crippen LogP contribution in [0.4, 0.5) is 10.2 Å². The zero-order valence-corrected chi connectivity index (χ0v) is 14.2. The summed E-state index contributed by atoms with van der Waals surface area (Å²) in [6.07, 6.45) is 1.11. The average molecular weight is 352 g/mol. The van der Waals surface area contributed by atoms with Crippen molar-refractivity contribution < 1.29 is 13.9 Å². The predicted molar refractivity (Wildman–Crippen MR) is 93.5 cm³/mol. The Labute approximate surface area is 149 Å². The van der Waals surface area contributed by atoms with Gasteiger partial charge in [-0.15, -0.1) is 0 Å². The first kappa shape index (κ1) is 16.3. The molecule has 0 aliphatic carbocycles. The summed E-state index contributed by atoms with van der Waals surface area (Å²) in [5.74, 6) is 0.534. The van der Waals surface area contributed by atoms with Crippen molar-refractivity contribution in [3.8, 4) is 5.75 Å². The van der Waals surface area contributed by atoms with Gasteiger partial charge in [0.15, 0.2) is 0 Å². The largest absolute Gasteiger partial charge is 0.487 e. The Morgan fingerprint density at radius 2 is 2.04 bits per heavy atom. The Hall–Kier alpha value is -3.22. The number of pyridine rings is 1. The molecule has 132 valence electrons. The van der Waals surface area contributed by atoms with E-state index >= 15 is 0 Å². The van der Waals surface area contributed by atoms with E-state index in [9.17, 15) is 9.18 Å². The Bertz CT molecular complexity index is 924. The van der Waals surface area contributed by atoms with Gasteiger partial charge < -0.3 is 4.74 Å². The van der Waals surface area contributed by atoms with Gasteiger partial charge >= 0.3 is 0 Å². The lowest BCUT2D eigenvalue weighted by atomic mass is 10.2. The number of para-hydroxylation sites is 1. The van der Waals surface area contributed by atoms with Crippen LogP contribution < -0.4 is 9.64 Å². The summed E-state index contributed by atoms with van der Waals surface area (Å²) in [6.45, 7) is 2.72. The number of hydrogen-bond donors (Lipinski definition) is 0. The van der Waals surface area contributed by atoms with Gasteiger partial charge in [0.1, 0.15) is 35.4 Å². The summed E-state index contributed by atoms with van der Waals surface area (Å²) in [7, 11) is 0. The fourth-order valence-electron chi connectivity index (χ4n) is 3.02. The maximum atomic E-state index is 13.1. The van der Waals surface area contributed by atoms with E-state index in [4.69, 9.17) is 4.74 Å². The number of carbonyl (C=O) groups is 1. The Balaban J connectivity index is 1.56. The topological polar surface area (TPSA) is 60.3 Å². The molecule has 0 N–H and O–H groups in total. The van der Waals surface area contributed by atoms with Gasteiger partial charge in [-0.2, -0.15) is 5.10 Å². The maximum Gasteiger partial charge on any atom is 0.278 e. The van der Waals surface area contributed by atoms with Crippen molar-refractivity contribution >= 4 is 11.7 Å². The number of amides is 1. The van der Waals surface area contributed by atoms with Crippen LogP contribution >= 0.6 is 0 Å². The van der Waals surface area contributed by atoms with Gasteiger partial charge in [0.25, 0.3) is 5.91 Å². The Kier molecular flexibility index (Phi) is 4.12. The molecule has 1 aliphatic heterocycles. The molecule has 1 aromatic carbocycles. The highest BCUT2D eigenvalue weighted by molar-refractivity contribution is 6.05. The Morgan fingerprint density at radius 3 is 2.77 bits per heavy atom. The van der Waals surface area contributed by atoms with Crippen molar-refractivity contribution in [1.82, 2.24) is 14.8 Å². The lowest BCUT2D eigenvalue weighted by Crippen LogP contribution is -2.47. The summed E-state index contributed by atoms with van der Waals surface area (Å²) >= 11 is 0. The molecule has 26 heavy (non-hydrogen) atoms. The van der Waals surface area contributed by atoms with Crippen LogP contribution in [0.5, 0.6) is 5.75 Å². The van der Waals surface area contributed by atoms with Crippen LogP contribution in [0.1, 0.15) is 23.1 Å². The zero-order valence-electron chi connectivity index (χ0n) is 14.2. The average Bonchev–Trinajstić information content (AvgIpc) is 3.05. The summed E-state index contributed by atoms with van der Waals surface area (Å²) in [4.78, 5) is 18.5. The van der Waals surface area contributed by atoms with Gasteiger partial charge in [-0.25, -0.2) is 9.37 Å². The van der Waals surface area contributed by atoms with Crippen molar-refractivity contribution in [2.75, 3.05) is 4.90 Å². The SMILES string of the molecule is C[C@H]1Cn2nc(COc3ccccc3)cc2C(=O)N1c1ccc(F)cn1. The van der Waals surface area contributed by atoms with E-state index < -0.39 is 5.82 Å². The third kappa shape index (κ3) is 3.03. The minimum Gasteiger partial charge on any atom is -0.487 e. The molecule has 3 aromatic rings. The summed E-state index contributed by atoms with van der Waals surface area (Å²) in [5.41, 5.74) is 1.15. The minimum atomic E-state index is -0.434. The summed E-state index contributed by atoms with van der Waals surface area (Å²) in [5, 5.41) is 4.47. The number of fused-ring (bicyclic) bond motifs is 1. The van der Waals surface area contributed by atoms with Crippen LogP contribution in [0.25, 0.3) is 0 Å². The third-order valence-corrected chi connectivity index (χ3v) is 4.23. The molecule has 1 amide bonds. The molecule has 6 nitrogen and oxygen atoms in total. The molecule has 4 rings (SSSR count). The van der Waals surface area contributed by atoms with Crippen molar-refractivity contribution in [2.24, 2.45) is 0 Å². The van der Waals surface area contributed by atoms with E-state index in [0.717, 1.165) is 11.9 Å². The van der Waals surface area contributed by atoms with Crippen LogP contribution in [0.2, 0.25) is 0 Å². The quantitative estimate of drug-likeness (QED) is 0.724. The van der Waals surface area contributed by atoms with Gasteiger partial charge in [-0.05, 0) is 37.3 Å². The zero-order chi connectivity index (χ0) is 18.1. The minimum absolute atomic E-state index is 0.143. The van der Waals surface area contributed by atoms with Crippen LogP contribution in [0.15, 0.2) is 54.7 Å². The van der Waals surface area contributed by atoms with Gasteiger partial charge in [0, 0.05) is 0 Å². The normalized spacial score (nSPS) is 16.5. The lowest BCUT2D eigenvalue weighted by molar-refractivity contribution is 0.0946. The molecule has 0 unspecified atom stereocenters. The van der Waals surface area contributed by atoms with Crippen LogP contribution in [0, 0.1) is 5.82 Å². The van der Waals surface area contributed by atoms with E-state index in [2.05, 4.69) is 10.1 Å². The van der Waals surface area contributed by atoms with Crippen molar-refractivity contribution in [3.63, 3.8) is 0 Å². The number of carbonyl (C=O) groups excluding carboxylic acids is 1. The first-order valence-corrected chi connectivity index (χ1v) is 8.31. The second-order valence-corrected chi connectivity index (χ2v) is 6.16. The van der Waals surface area contributed by atoms with Crippen LogP contribution in [-0.2, 0) is 13.2 Å². The number of hydrogen-bond acceptors (Lipinski definition) is 4. The highest BCUT2D eigenvalue weighted by atomic mass is 19.1.